The van der Waals surface area contributed by atoms with Crippen molar-refractivity contribution in [2.75, 3.05) is 13.1 Å². The third-order valence-electron chi connectivity index (χ3n) is 3.75. The maximum atomic E-state index is 13.1. The zero-order valence-corrected chi connectivity index (χ0v) is 10.4. The van der Waals surface area contributed by atoms with Gasteiger partial charge in [0.2, 0.25) is 0 Å². The molecular formula is C14H21FN2. The van der Waals surface area contributed by atoms with Crippen molar-refractivity contribution in [2.45, 2.75) is 32.4 Å². The second-order valence-corrected chi connectivity index (χ2v) is 5.02. The molecule has 0 aliphatic carbocycles. The van der Waals surface area contributed by atoms with Gasteiger partial charge in [0.25, 0.3) is 0 Å². The maximum Gasteiger partial charge on any atom is 0.123 e. The van der Waals surface area contributed by atoms with Crippen LogP contribution in [0.5, 0.6) is 0 Å². The molecule has 1 aromatic rings. The van der Waals surface area contributed by atoms with Gasteiger partial charge in [-0.15, -0.1) is 0 Å². The van der Waals surface area contributed by atoms with Crippen LogP contribution in [-0.4, -0.2) is 24.0 Å². The topological polar surface area (TPSA) is 29.3 Å². The van der Waals surface area contributed by atoms with Gasteiger partial charge in [-0.05, 0) is 43.0 Å². The van der Waals surface area contributed by atoms with E-state index in [0.29, 0.717) is 18.5 Å². The molecule has 2 N–H and O–H groups in total. The molecule has 0 bridgehead atoms. The Morgan fingerprint density at radius 1 is 1.47 bits per heavy atom. The number of piperidine rings is 1. The maximum absolute atomic E-state index is 13.1. The van der Waals surface area contributed by atoms with Gasteiger partial charge in [0, 0.05) is 19.1 Å². The number of rotatable bonds is 3. The monoisotopic (exact) mass is 236 g/mol. The second kappa shape index (κ2) is 5.61. The van der Waals surface area contributed by atoms with E-state index < -0.39 is 0 Å². The van der Waals surface area contributed by atoms with Crippen LogP contribution in [-0.2, 0) is 6.54 Å². The number of hydrogen-bond donors (Lipinski definition) is 1. The van der Waals surface area contributed by atoms with Crippen LogP contribution in [0.4, 0.5) is 4.39 Å². The van der Waals surface area contributed by atoms with Gasteiger partial charge < -0.3 is 5.73 Å². The van der Waals surface area contributed by atoms with Crippen LogP contribution in [0.25, 0.3) is 0 Å². The third kappa shape index (κ3) is 3.05. The zero-order chi connectivity index (χ0) is 12.3. The molecule has 2 nitrogen and oxygen atoms in total. The minimum Gasteiger partial charge on any atom is -0.329 e. The Kier molecular flexibility index (Phi) is 4.13. The predicted molar refractivity (Wildman–Crippen MR) is 68.1 cm³/mol. The third-order valence-corrected chi connectivity index (χ3v) is 3.75. The SMILES string of the molecule is CC1CCCN(Cc2cccc(F)c2)C1CN. The van der Waals surface area contributed by atoms with Crippen LogP contribution in [0, 0.1) is 11.7 Å². The molecule has 0 aromatic heterocycles. The number of nitrogens with zero attached hydrogens (tertiary/aromatic N) is 1. The molecule has 1 saturated heterocycles. The smallest absolute Gasteiger partial charge is 0.123 e. The lowest BCUT2D eigenvalue weighted by atomic mass is 9.90. The van der Waals surface area contributed by atoms with E-state index in [2.05, 4.69) is 11.8 Å². The average molecular weight is 236 g/mol. The van der Waals surface area contributed by atoms with Crippen molar-refractivity contribution in [1.82, 2.24) is 4.90 Å². The lowest BCUT2D eigenvalue weighted by Crippen LogP contribution is -2.48. The number of hydrogen-bond acceptors (Lipinski definition) is 2. The molecule has 0 spiro atoms. The van der Waals surface area contributed by atoms with Gasteiger partial charge >= 0.3 is 0 Å². The van der Waals surface area contributed by atoms with Gasteiger partial charge in [-0.3, -0.25) is 4.90 Å². The molecule has 3 heteroatoms. The molecular weight excluding hydrogens is 215 g/mol. The molecule has 17 heavy (non-hydrogen) atoms. The molecule has 1 aliphatic rings. The first-order valence-corrected chi connectivity index (χ1v) is 6.39. The molecule has 0 saturated carbocycles. The van der Waals surface area contributed by atoms with Gasteiger partial charge in [0.1, 0.15) is 5.82 Å². The fourth-order valence-electron chi connectivity index (χ4n) is 2.78. The lowest BCUT2D eigenvalue weighted by molar-refractivity contribution is 0.0990. The van der Waals surface area contributed by atoms with Gasteiger partial charge in [-0.1, -0.05) is 19.1 Å². The van der Waals surface area contributed by atoms with E-state index in [0.717, 1.165) is 18.7 Å². The highest BCUT2D eigenvalue weighted by molar-refractivity contribution is 5.16. The number of benzene rings is 1. The summed E-state index contributed by atoms with van der Waals surface area (Å²) >= 11 is 0. The van der Waals surface area contributed by atoms with Crippen LogP contribution < -0.4 is 5.73 Å². The molecule has 1 heterocycles. The summed E-state index contributed by atoms with van der Waals surface area (Å²) in [6, 6.07) is 7.30. The van der Waals surface area contributed by atoms with Crippen molar-refractivity contribution in [1.29, 1.82) is 0 Å². The van der Waals surface area contributed by atoms with E-state index in [1.165, 1.54) is 18.9 Å². The lowest BCUT2D eigenvalue weighted by Gasteiger charge is -2.39. The minimum atomic E-state index is -0.156. The summed E-state index contributed by atoms with van der Waals surface area (Å²) in [6.07, 6.45) is 2.47. The molecule has 94 valence electrons. The Labute approximate surface area is 103 Å². The highest BCUT2D eigenvalue weighted by atomic mass is 19.1. The Morgan fingerprint density at radius 3 is 3.00 bits per heavy atom. The normalized spacial score (nSPS) is 26.1. The summed E-state index contributed by atoms with van der Waals surface area (Å²) in [4.78, 5) is 2.39. The van der Waals surface area contributed by atoms with E-state index in [1.54, 1.807) is 12.1 Å². The van der Waals surface area contributed by atoms with E-state index in [9.17, 15) is 4.39 Å². The molecule has 2 unspecified atom stereocenters. The number of likely N-dealkylation sites (tertiary alicyclic amines) is 1. The predicted octanol–water partition coefficient (Wildman–Crippen LogP) is 2.38. The van der Waals surface area contributed by atoms with E-state index in [-0.39, 0.29) is 5.82 Å². The molecule has 1 aromatic carbocycles. The Morgan fingerprint density at radius 2 is 2.29 bits per heavy atom. The molecule has 0 amide bonds. The molecule has 2 rings (SSSR count). The average Bonchev–Trinajstić information content (AvgIpc) is 2.29. The van der Waals surface area contributed by atoms with Crippen LogP contribution in [0.2, 0.25) is 0 Å². The molecule has 1 aliphatic heterocycles. The van der Waals surface area contributed by atoms with Crippen LogP contribution in [0.3, 0.4) is 0 Å². The van der Waals surface area contributed by atoms with Gasteiger partial charge in [-0.2, -0.15) is 0 Å². The second-order valence-electron chi connectivity index (χ2n) is 5.02. The standard InChI is InChI=1S/C14H21FN2/c1-11-4-3-7-17(14(11)9-16)10-12-5-2-6-13(15)8-12/h2,5-6,8,11,14H,3-4,7,9-10,16H2,1H3. The molecule has 1 fully saturated rings. The van der Waals surface area contributed by atoms with Crippen molar-refractivity contribution in [3.63, 3.8) is 0 Å². The number of nitrogens with two attached hydrogens (primary N) is 1. The minimum absolute atomic E-state index is 0.156. The quantitative estimate of drug-likeness (QED) is 0.873. The van der Waals surface area contributed by atoms with Crippen LogP contribution in [0.1, 0.15) is 25.3 Å². The van der Waals surface area contributed by atoms with Crippen molar-refractivity contribution < 1.29 is 4.39 Å². The van der Waals surface area contributed by atoms with Crippen molar-refractivity contribution in [3.8, 4) is 0 Å². The van der Waals surface area contributed by atoms with E-state index in [1.807, 2.05) is 6.07 Å². The number of halogens is 1. The zero-order valence-electron chi connectivity index (χ0n) is 10.4. The van der Waals surface area contributed by atoms with Crippen LogP contribution >= 0.6 is 0 Å². The van der Waals surface area contributed by atoms with Crippen LogP contribution in [0.15, 0.2) is 24.3 Å². The van der Waals surface area contributed by atoms with E-state index >= 15 is 0 Å². The summed E-state index contributed by atoms with van der Waals surface area (Å²) in [6.45, 7) is 4.83. The summed E-state index contributed by atoms with van der Waals surface area (Å²) in [5.41, 5.74) is 6.89. The van der Waals surface area contributed by atoms with Crippen molar-refractivity contribution in [2.24, 2.45) is 11.7 Å². The fraction of sp³-hybridized carbons (Fsp3) is 0.571. The summed E-state index contributed by atoms with van der Waals surface area (Å²) in [5, 5.41) is 0. The first-order valence-electron chi connectivity index (χ1n) is 6.39. The first kappa shape index (κ1) is 12.5. The Balaban J connectivity index is 2.06. The van der Waals surface area contributed by atoms with E-state index in [4.69, 9.17) is 5.73 Å². The van der Waals surface area contributed by atoms with Gasteiger partial charge in [0.05, 0.1) is 0 Å². The summed E-state index contributed by atoms with van der Waals surface area (Å²) < 4.78 is 13.1. The Hall–Kier alpha value is -0.930. The largest absolute Gasteiger partial charge is 0.329 e. The summed E-state index contributed by atoms with van der Waals surface area (Å²) in [5.74, 6) is 0.485. The fourth-order valence-corrected chi connectivity index (χ4v) is 2.78. The van der Waals surface area contributed by atoms with Gasteiger partial charge in [0.15, 0.2) is 0 Å². The summed E-state index contributed by atoms with van der Waals surface area (Å²) in [7, 11) is 0. The Bertz CT molecular complexity index is 367. The molecule has 0 radical (unpaired) electrons. The van der Waals surface area contributed by atoms with Gasteiger partial charge in [-0.25, -0.2) is 4.39 Å². The first-order chi connectivity index (χ1) is 8.20. The van der Waals surface area contributed by atoms with Crippen molar-refractivity contribution >= 4 is 0 Å². The molecule has 2 atom stereocenters. The highest BCUT2D eigenvalue weighted by Crippen LogP contribution is 2.24. The highest BCUT2D eigenvalue weighted by Gasteiger charge is 2.27. The van der Waals surface area contributed by atoms with Crippen molar-refractivity contribution in [3.05, 3.63) is 35.6 Å².